The van der Waals surface area contributed by atoms with Crippen LogP contribution in [0.2, 0.25) is 0 Å². The molecular weight excluding hydrogens is 292 g/mol. The van der Waals surface area contributed by atoms with Crippen LogP contribution >= 0.6 is 0 Å². The molecule has 0 spiro atoms. The Balaban J connectivity index is 1.80. The maximum atomic E-state index is 11.9. The van der Waals surface area contributed by atoms with E-state index in [9.17, 15) is 14.7 Å². The molecule has 2 aromatic rings. The normalized spacial score (nSPS) is 11.5. The van der Waals surface area contributed by atoms with Crippen LogP contribution in [0.3, 0.4) is 0 Å². The summed E-state index contributed by atoms with van der Waals surface area (Å²) in [6, 6.07) is 17.6. The number of rotatable bonds is 7. The maximum absolute atomic E-state index is 11.9. The van der Waals surface area contributed by atoms with Gasteiger partial charge in [0, 0.05) is 13.0 Å². The predicted molar refractivity (Wildman–Crippen MR) is 88.3 cm³/mol. The van der Waals surface area contributed by atoms with Crippen LogP contribution in [-0.4, -0.2) is 29.7 Å². The second kappa shape index (κ2) is 8.58. The lowest BCUT2D eigenvalue weighted by Gasteiger charge is -2.15. The number of carboxylic acid groups (broad SMARTS) is 1. The Hall–Kier alpha value is -2.82. The van der Waals surface area contributed by atoms with E-state index in [0.717, 1.165) is 11.1 Å². The van der Waals surface area contributed by atoms with Gasteiger partial charge in [0.15, 0.2) is 0 Å². The fourth-order valence-electron chi connectivity index (χ4n) is 2.22. The Morgan fingerprint density at radius 1 is 0.913 bits per heavy atom. The van der Waals surface area contributed by atoms with Gasteiger partial charge < -0.3 is 15.7 Å². The minimum atomic E-state index is -1.05. The molecule has 2 rings (SSSR count). The van der Waals surface area contributed by atoms with Crippen LogP contribution in [0, 0.1) is 0 Å². The van der Waals surface area contributed by atoms with Crippen molar-refractivity contribution in [3.8, 4) is 0 Å². The van der Waals surface area contributed by atoms with Crippen LogP contribution in [0.4, 0.5) is 4.79 Å². The van der Waals surface area contributed by atoms with Crippen LogP contribution in [0.1, 0.15) is 11.1 Å². The van der Waals surface area contributed by atoms with Crippen molar-refractivity contribution >= 4 is 12.0 Å². The Labute approximate surface area is 135 Å². The number of urea groups is 1. The zero-order valence-electron chi connectivity index (χ0n) is 12.7. The highest BCUT2D eigenvalue weighted by Crippen LogP contribution is 2.03. The average molecular weight is 312 g/mol. The van der Waals surface area contributed by atoms with Gasteiger partial charge in [0.2, 0.25) is 0 Å². The van der Waals surface area contributed by atoms with E-state index >= 15 is 0 Å². The molecule has 0 fully saturated rings. The molecule has 0 aliphatic rings. The fraction of sp³-hybridized carbons (Fsp3) is 0.222. The lowest BCUT2D eigenvalue weighted by molar-refractivity contribution is -0.139. The second-order valence-electron chi connectivity index (χ2n) is 5.22. The first kappa shape index (κ1) is 16.5. The number of nitrogens with one attached hydrogen (secondary N) is 2. The molecule has 2 aromatic carbocycles. The summed E-state index contributed by atoms with van der Waals surface area (Å²) >= 11 is 0. The molecule has 0 bridgehead atoms. The maximum Gasteiger partial charge on any atom is 0.326 e. The number of hydrogen-bond acceptors (Lipinski definition) is 2. The van der Waals surface area contributed by atoms with Gasteiger partial charge in [0.1, 0.15) is 6.04 Å². The largest absolute Gasteiger partial charge is 0.480 e. The molecule has 3 N–H and O–H groups in total. The van der Waals surface area contributed by atoms with Crippen molar-refractivity contribution in [3.05, 3.63) is 71.8 Å². The number of hydrogen-bond donors (Lipinski definition) is 3. The first-order valence-electron chi connectivity index (χ1n) is 7.50. The lowest BCUT2D eigenvalue weighted by atomic mass is 10.1. The van der Waals surface area contributed by atoms with Crippen LogP contribution in [-0.2, 0) is 17.6 Å². The van der Waals surface area contributed by atoms with Gasteiger partial charge in [-0.3, -0.25) is 0 Å². The molecule has 0 heterocycles. The third kappa shape index (κ3) is 5.82. The smallest absolute Gasteiger partial charge is 0.326 e. The van der Waals surface area contributed by atoms with E-state index in [0.29, 0.717) is 13.0 Å². The van der Waals surface area contributed by atoms with Gasteiger partial charge >= 0.3 is 12.0 Å². The van der Waals surface area contributed by atoms with Crippen molar-refractivity contribution in [2.45, 2.75) is 18.9 Å². The monoisotopic (exact) mass is 312 g/mol. The summed E-state index contributed by atoms with van der Waals surface area (Å²) in [6.07, 6.45) is 0.951. The average Bonchev–Trinajstić information content (AvgIpc) is 2.56. The molecule has 1 atom stereocenters. The molecule has 0 saturated heterocycles. The molecule has 5 nitrogen and oxygen atoms in total. The summed E-state index contributed by atoms with van der Waals surface area (Å²) in [7, 11) is 0. The van der Waals surface area contributed by atoms with Crippen LogP contribution in [0.15, 0.2) is 60.7 Å². The van der Waals surface area contributed by atoms with E-state index in [2.05, 4.69) is 10.6 Å². The highest BCUT2D eigenvalue weighted by atomic mass is 16.4. The van der Waals surface area contributed by atoms with Crippen LogP contribution in [0.25, 0.3) is 0 Å². The molecule has 5 heteroatoms. The van der Waals surface area contributed by atoms with Gasteiger partial charge in [-0.2, -0.15) is 0 Å². The third-order valence-electron chi connectivity index (χ3n) is 3.43. The summed E-state index contributed by atoms with van der Waals surface area (Å²) in [5.74, 6) is -1.05. The number of benzene rings is 2. The lowest BCUT2D eigenvalue weighted by Crippen LogP contribution is -2.47. The molecule has 120 valence electrons. The minimum absolute atomic E-state index is 0.252. The van der Waals surface area contributed by atoms with Crippen molar-refractivity contribution in [1.29, 1.82) is 0 Å². The van der Waals surface area contributed by atoms with E-state index < -0.39 is 18.0 Å². The predicted octanol–water partition coefficient (Wildman–Crippen LogP) is 2.22. The van der Waals surface area contributed by atoms with Crippen LogP contribution in [0.5, 0.6) is 0 Å². The van der Waals surface area contributed by atoms with E-state index in [1.54, 1.807) is 0 Å². The van der Waals surface area contributed by atoms with E-state index in [-0.39, 0.29) is 6.42 Å². The molecule has 0 aromatic heterocycles. The van der Waals surface area contributed by atoms with Crippen LogP contribution < -0.4 is 10.6 Å². The highest BCUT2D eigenvalue weighted by Gasteiger charge is 2.20. The van der Waals surface area contributed by atoms with Crippen molar-refractivity contribution in [3.63, 3.8) is 0 Å². The van der Waals surface area contributed by atoms with Crippen molar-refractivity contribution in [2.75, 3.05) is 6.54 Å². The summed E-state index contributed by atoms with van der Waals surface area (Å²) in [4.78, 5) is 23.1. The molecular formula is C18H20N2O3. The SMILES string of the molecule is O=C(NCCc1ccccc1)N[C@H](Cc1ccccc1)C(=O)O. The molecule has 0 radical (unpaired) electrons. The van der Waals surface area contributed by atoms with Gasteiger partial charge in [-0.05, 0) is 17.5 Å². The number of aliphatic carboxylic acids is 1. The zero-order valence-corrected chi connectivity index (χ0v) is 12.7. The molecule has 0 saturated carbocycles. The van der Waals surface area contributed by atoms with Gasteiger partial charge in [-0.25, -0.2) is 9.59 Å². The second-order valence-corrected chi connectivity index (χ2v) is 5.22. The minimum Gasteiger partial charge on any atom is -0.480 e. The Kier molecular flexibility index (Phi) is 6.17. The summed E-state index contributed by atoms with van der Waals surface area (Å²) in [5, 5.41) is 14.4. The van der Waals surface area contributed by atoms with Crippen molar-refractivity contribution < 1.29 is 14.7 Å². The van der Waals surface area contributed by atoms with Crippen molar-refractivity contribution in [1.82, 2.24) is 10.6 Å². The van der Waals surface area contributed by atoms with Gasteiger partial charge in [0.25, 0.3) is 0 Å². The summed E-state index contributed by atoms with van der Waals surface area (Å²) in [6.45, 7) is 0.452. The number of amides is 2. The topological polar surface area (TPSA) is 78.4 Å². The van der Waals surface area contributed by atoms with Crippen molar-refractivity contribution in [2.24, 2.45) is 0 Å². The van der Waals surface area contributed by atoms with Gasteiger partial charge in [-0.1, -0.05) is 60.7 Å². The van der Waals surface area contributed by atoms with Gasteiger partial charge in [-0.15, -0.1) is 0 Å². The molecule has 0 aliphatic heterocycles. The molecule has 0 aliphatic carbocycles. The zero-order chi connectivity index (χ0) is 16.5. The fourth-order valence-corrected chi connectivity index (χ4v) is 2.22. The summed E-state index contributed by atoms with van der Waals surface area (Å²) < 4.78 is 0. The molecule has 23 heavy (non-hydrogen) atoms. The standard InChI is InChI=1S/C18H20N2O3/c21-17(22)16(13-15-9-5-2-6-10-15)20-18(23)19-12-11-14-7-3-1-4-8-14/h1-10,16H,11-13H2,(H,21,22)(H2,19,20,23)/t16-/m1/s1. The Bertz CT molecular complexity index is 629. The van der Waals surface area contributed by atoms with E-state index in [1.807, 2.05) is 60.7 Å². The first-order valence-corrected chi connectivity index (χ1v) is 7.50. The number of carboxylic acids is 1. The van der Waals surface area contributed by atoms with E-state index in [1.165, 1.54) is 0 Å². The number of carbonyl (C=O) groups excluding carboxylic acids is 1. The quantitative estimate of drug-likeness (QED) is 0.733. The molecule has 0 unspecified atom stereocenters. The first-order chi connectivity index (χ1) is 11.1. The Morgan fingerprint density at radius 2 is 1.48 bits per heavy atom. The summed E-state index contributed by atoms with van der Waals surface area (Å²) in [5.41, 5.74) is 1.98. The highest BCUT2D eigenvalue weighted by molar-refractivity contribution is 5.82. The van der Waals surface area contributed by atoms with E-state index in [4.69, 9.17) is 0 Å². The van der Waals surface area contributed by atoms with Gasteiger partial charge in [0.05, 0.1) is 0 Å². The third-order valence-corrected chi connectivity index (χ3v) is 3.43. The molecule has 2 amide bonds. The number of carbonyl (C=O) groups is 2. The Morgan fingerprint density at radius 3 is 2.04 bits per heavy atom.